The maximum absolute atomic E-state index is 12.2. The first-order valence-electron chi connectivity index (χ1n) is 8.57. The summed E-state index contributed by atoms with van der Waals surface area (Å²) in [5.41, 5.74) is 4.16. The van der Waals surface area contributed by atoms with Gasteiger partial charge in [-0.25, -0.2) is 0 Å². The van der Waals surface area contributed by atoms with Gasteiger partial charge in [-0.3, -0.25) is 4.79 Å². The van der Waals surface area contributed by atoms with E-state index >= 15 is 0 Å². The van der Waals surface area contributed by atoms with Crippen molar-refractivity contribution in [1.82, 2.24) is 0 Å². The number of aryl methyl sites for hydroxylation is 2. The number of rotatable bonds is 5. The third-order valence-electron chi connectivity index (χ3n) is 4.34. The molecule has 4 nitrogen and oxygen atoms in total. The second-order valence-corrected chi connectivity index (χ2v) is 7.32. The van der Waals surface area contributed by atoms with E-state index in [4.69, 9.17) is 4.74 Å². The predicted molar refractivity (Wildman–Crippen MR) is 106 cm³/mol. The lowest BCUT2D eigenvalue weighted by atomic mass is 10.1. The van der Waals surface area contributed by atoms with Crippen LogP contribution in [0.5, 0.6) is 5.75 Å². The third-order valence-corrected chi connectivity index (χ3v) is 4.93. The molecule has 25 heavy (non-hydrogen) atoms. The highest BCUT2D eigenvalue weighted by Gasteiger charge is 2.13. The van der Waals surface area contributed by atoms with Gasteiger partial charge in [0, 0.05) is 24.5 Å². The fourth-order valence-electron chi connectivity index (χ4n) is 3.15. The van der Waals surface area contributed by atoms with Crippen molar-refractivity contribution in [1.29, 1.82) is 0 Å². The van der Waals surface area contributed by atoms with E-state index in [-0.39, 0.29) is 12.5 Å². The summed E-state index contributed by atoms with van der Waals surface area (Å²) >= 11 is 3.49. The molecule has 1 saturated heterocycles. The zero-order valence-corrected chi connectivity index (χ0v) is 16.2. The molecule has 0 saturated carbocycles. The smallest absolute Gasteiger partial charge is 0.262 e. The van der Waals surface area contributed by atoms with E-state index in [1.165, 1.54) is 18.5 Å². The number of ether oxygens (including phenoxy) is 1. The Morgan fingerprint density at radius 1 is 1.16 bits per heavy atom. The van der Waals surface area contributed by atoms with Gasteiger partial charge >= 0.3 is 0 Å². The van der Waals surface area contributed by atoms with Crippen molar-refractivity contribution in [3.05, 3.63) is 52.0 Å². The lowest BCUT2D eigenvalue weighted by molar-refractivity contribution is -0.118. The molecule has 0 bridgehead atoms. The molecular formula is C20H23BrN2O2. The van der Waals surface area contributed by atoms with Crippen LogP contribution < -0.4 is 15.0 Å². The van der Waals surface area contributed by atoms with E-state index in [2.05, 4.69) is 38.3 Å². The molecule has 0 atom stereocenters. The molecule has 0 aromatic heterocycles. The number of nitrogens with zero attached hydrogens (tertiary/aromatic N) is 1. The zero-order chi connectivity index (χ0) is 17.8. The summed E-state index contributed by atoms with van der Waals surface area (Å²) in [5, 5.41) is 2.88. The Kier molecular flexibility index (Phi) is 5.63. The Hall–Kier alpha value is -2.01. The number of anilines is 2. The van der Waals surface area contributed by atoms with Gasteiger partial charge in [0.25, 0.3) is 5.91 Å². The number of hydrogen-bond donors (Lipinski definition) is 1. The Balaban J connectivity index is 1.56. The molecule has 1 fully saturated rings. The highest BCUT2D eigenvalue weighted by atomic mass is 79.9. The highest BCUT2D eigenvalue weighted by Crippen LogP contribution is 2.30. The van der Waals surface area contributed by atoms with E-state index < -0.39 is 0 Å². The number of nitrogens with one attached hydrogen (secondary N) is 1. The van der Waals surface area contributed by atoms with Gasteiger partial charge in [-0.05, 0) is 84.1 Å². The SMILES string of the molecule is Cc1cc(C)c(OCC(=O)Nc2ccc(N3CCCC3)cc2)c(Br)c1. The minimum absolute atomic E-state index is 0.0175. The molecular weight excluding hydrogens is 380 g/mol. The van der Waals surface area contributed by atoms with Crippen molar-refractivity contribution in [2.24, 2.45) is 0 Å². The Bertz CT molecular complexity index is 730. The molecule has 3 rings (SSSR count). The van der Waals surface area contributed by atoms with E-state index in [1.807, 2.05) is 38.1 Å². The fraction of sp³-hybridized carbons (Fsp3) is 0.350. The van der Waals surface area contributed by atoms with Gasteiger partial charge in [0.2, 0.25) is 0 Å². The van der Waals surface area contributed by atoms with Crippen molar-refractivity contribution >= 4 is 33.2 Å². The molecule has 0 aliphatic carbocycles. The van der Waals surface area contributed by atoms with Crippen molar-refractivity contribution in [2.75, 3.05) is 29.9 Å². The first-order chi connectivity index (χ1) is 12.0. The van der Waals surface area contributed by atoms with Crippen LogP contribution in [-0.4, -0.2) is 25.6 Å². The molecule has 0 radical (unpaired) electrons. The van der Waals surface area contributed by atoms with Gasteiger partial charge in [-0.2, -0.15) is 0 Å². The molecule has 1 N–H and O–H groups in total. The number of carbonyl (C=O) groups is 1. The van der Waals surface area contributed by atoms with E-state index in [0.717, 1.165) is 34.4 Å². The van der Waals surface area contributed by atoms with Crippen molar-refractivity contribution in [2.45, 2.75) is 26.7 Å². The van der Waals surface area contributed by atoms with Gasteiger partial charge in [-0.15, -0.1) is 0 Å². The molecule has 2 aromatic carbocycles. The Morgan fingerprint density at radius 3 is 2.48 bits per heavy atom. The average molecular weight is 403 g/mol. The molecule has 1 aliphatic rings. The van der Waals surface area contributed by atoms with Gasteiger partial charge in [-0.1, -0.05) is 6.07 Å². The van der Waals surface area contributed by atoms with Gasteiger partial charge in [0.1, 0.15) is 5.75 Å². The summed E-state index contributed by atoms with van der Waals surface area (Å²) in [7, 11) is 0. The molecule has 1 aliphatic heterocycles. The molecule has 132 valence electrons. The second kappa shape index (κ2) is 7.91. The van der Waals surface area contributed by atoms with Crippen molar-refractivity contribution in [3.63, 3.8) is 0 Å². The molecule has 0 unspecified atom stereocenters. The number of benzene rings is 2. The minimum Gasteiger partial charge on any atom is -0.482 e. The third kappa shape index (κ3) is 4.54. The van der Waals surface area contributed by atoms with Crippen LogP contribution in [0.4, 0.5) is 11.4 Å². The summed E-state index contributed by atoms with van der Waals surface area (Å²) in [4.78, 5) is 14.5. The summed E-state index contributed by atoms with van der Waals surface area (Å²) in [6.07, 6.45) is 2.51. The number of halogens is 1. The van der Waals surface area contributed by atoms with Crippen LogP contribution in [0.15, 0.2) is 40.9 Å². The fourth-order valence-corrected chi connectivity index (χ4v) is 3.94. The first-order valence-corrected chi connectivity index (χ1v) is 9.36. The predicted octanol–water partition coefficient (Wildman–Crippen LogP) is 4.68. The van der Waals surface area contributed by atoms with Crippen LogP contribution in [0.1, 0.15) is 24.0 Å². The van der Waals surface area contributed by atoms with Crippen LogP contribution in [-0.2, 0) is 4.79 Å². The van der Waals surface area contributed by atoms with Crippen LogP contribution in [0.3, 0.4) is 0 Å². The van der Waals surface area contributed by atoms with Crippen molar-refractivity contribution < 1.29 is 9.53 Å². The van der Waals surface area contributed by atoms with Crippen molar-refractivity contribution in [3.8, 4) is 5.75 Å². The molecule has 1 heterocycles. The number of carbonyl (C=O) groups excluding carboxylic acids is 1. The lowest BCUT2D eigenvalue weighted by Crippen LogP contribution is -2.21. The Morgan fingerprint density at radius 2 is 1.84 bits per heavy atom. The number of hydrogen-bond acceptors (Lipinski definition) is 3. The average Bonchev–Trinajstić information content (AvgIpc) is 3.09. The van der Waals surface area contributed by atoms with Crippen LogP contribution in [0.2, 0.25) is 0 Å². The van der Waals surface area contributed by atoms with E-state index in [1.54, 1.807) is 0 Å². The molecule has 0 spiro atoms. The Labute approximate surface area is 157 Å². The highest BCUT2D eigenvalue weighted by molar-refractivity contribution is 9.10. The topological polar surface area (TPSA) is 41.6 Å². The standard InChI is InChI=1S/C20H23BrN2O2/c1-14-11-15(2)20(18(21)12-14)25-13-19(24)22-16-5-7-17(8-6-16)23-9-3-4-10-23/h5-8,11-12H,3-4,9-10,13H2,1-2H3,(H,22,24). The largest absolute Gasteiger partial charge is 0.482 e. The monoisotopic (exact) mass is 402 g/mol. The van der Waals surface area contributed by atoms with Gasteiger partial charge in [0.05, 0.1) is 4.47 Å². The lowest BCUT2D eigenvalue weighted by Gasteiger charge is -2.18. The molecule has 5 heteroatoms. The first kappa shape index (κ1) is 17.8. The second-order valence-electron chi connectivity index (χ2n) is 6.47. The van der Waals surface area contributed by atoms with Gasteiger partial charge in [0.15, 0.2) is 6.61 Å². The maximum atomic E-state index is 12.2. The zero-order valence-electron chi connectivity index (χ0n) is 14.6. The summed E-state index contributed by atoms with van der Waals surface area (Å²) in [6, 6.07) is 12.0. The van der Waals surface area contributed by atoms with E-state index in [9.17, 15) is 4.79 Å². The van der Waals surface area contributed by atoms with E-state index in [0.29, 0.717) is 5.75 Å². The van der Waals surface area contributed by atoms with Gasteiger partial charge < -0.3 is 15.0 Å². The summed E-state index contributed by atoms with van der Waals surface area (Å²) in [5.74, 6) is 0.547. The van der Waals surface area contributed by atoms with Crippen LogP contribution >= 0.6 is 15.9 Å². The summed E-state index contributed by atoms with van der Waals surface area (Å²) in [6.45, 7) is 6.22. The molecule has 2 aromatic rings. The summed E-state index contributed by atoms with van der Waals surface area (Å²) < 4.78 is 6.56. The van der Waals surface area contributed by atoms with Crippen LogP contribution in [0, 0.1) is 13.8 Å². The number of amides is 1. The normalized spacial score (nSPS) is 13.8. The van der Waals surface area contributed by atoms with Crippen LogP contribution in [0.25, 0.3) is 0 Å². The maximum Gasteiger partial charge on any atom is 0.262 e. The quantitative estimate of drug-likeness (QED) is 0.788. The molecule has 1 amide bonds. The minimum atomic E-state index is -0.166.